The molecule has 0 N–H and O–H groups in total. The van der Waals surface area contributed by atoms with Gasteiger partial charge in [-0.15, -0.1) is 0 Å². The summed E-state index contributed by atoms with van der Waals surface area (Å²) in [6.45, 7) is 4.04. The van der Waals surface area contributed by atoms with Gasteiger partial charge in [0.05, 0.1) is 4.92 Å². The van der Waals surface area contributed by atoms with Gasteiger partial charge < -0.3 is 0 Å². The van der Waals surface area contributed by atoms with Crippen LogP contribution < -0.4 is 0 Å². The van der Waals surface area contributed by atoms with Crippen LogP contribution in [0.5, 0.6) is 0 Å². The zero-order chi connectivity index (χ0) is 15.5. The third-order valence-electron chi connectivity index (χ3n) is 2.75. The molecule has 0 aliphatic heterocycles. The second-order valence-corrected chi connectivity index (χ2v) is 6.33. The smallest absolute Gasteiger partial charge is 0.258 e. The molecule has 1 aromatic carbocycles. The zero-order valence-electron chi connectivity index (χ0n) is 11.1. The average molecular weight is 354 g/mol. The first-order valence-corrected chi connectivity index (χ1v) is 7.01. The number of nitro groups is 1. The van der Waals surface area contributed by atoms with E-state index in [1.165, 1.54) is 6.07 Å². The van der Waals surface area contributed by atoms with E-state index in [9.17, 15) is 23.3 Å². The van der Waals surface area contributed by atoms with Crippen molar-refractivity contribution >= 4 is 21.6 Å². The maximum atomic E-state index is 12.8. The van der Waals surface area contributed by atoms with Crippen LogP contribution >= 0.6 is 15.9 Å². The van der Waals surface area contributed by atoms with Crippen LogP contribution in [0.2, 0.25) is 0 Å². The van der Waals surface area contributed by atoms with Crippen LogP contribution in [-0.2, 0) is 12.6 Å². The van der Waals surface area contributed by atoms with E-state index in [0.29, 0.717) is 17.9 Å². The summed E-state index contributed by atoms with van der Waals surface area (Å²) in [5.41, 5.74) is -1.66. The van der Waals surface area contributed by atoms with Gasteiger partial charge in [0, 0.05) is 10.9 Å². The Bertz CT molecular complexity index is 489. The Morgan fingerprint density at radius 3 is 2.40 bits per heavy atom. The van der Waals surface area contributed by atoms with Crippen LogP contribution in [0.1, 0.15) is 31.4 Å². The Hall–Kier alpha value is -1.11. The fraction of sp³-hybridized carbons (Fsp3) is 0.538. The van der Waals surface area contributed by atoms with E-state index in [4.69, 9.17) is 0 Å². The number of rotatable bonds is 5. The average Bonchev–Trinajstić information content (AvgIpc) is 2.25. The molecule has 1 aromatic rings. The van der Waals surface area contributed by atoms with Crippen molar-refractivity contribution < 1.29 is 18.1 Å². The van der Waals surface area contributed by atoms with Crippen molar-refractivity contribution in [3.05, 3.63) is 39.4 Å². The minimum Gasteiger partial charge on any atom is -0.258 e. The highest BCUT2D eigenvalue weighted by Crippen LogP contribution is 2.37. The van der Waals surface area contributed by atoms with Crippen molar-refractivity contribution in [3.63, 3.8) is 0 Å². The van der Waals surface area contributed by atoms with Gasteiger partial charge in [0.1, 0.15) is 5.56 Å². The topological polar surface area (TPSA) is 43.1 Å². The molecule has 20 heavy (non-hydrogen) atoms. The summed E-state index contributed by atoms with van der Waals surface area (Å²) in [5, 5.41) is 10.6. The lowest BCUT2D eigenvalue weighted by Crippen LogP contribution is -2.11. The number of benzene rings is 1. The van der Waals surface area contributed by atoms with Gasteiger partial charge in [-0.1, -0.05) is 35.8 Å². The van der Waals surface area contributed by atoms with E-state index < -0.39 is 22.4 Å². The molecule has 0 aliphatic rings. The van der Waals surface area contributed by atoms with Gasteiger partial charge in [0.2, 0.25) is 0 Å². The van der Waals surface area contributed by atoms with E-state index in [1.807, 2.05) is 13.8 Å². The molecule has 0 saturated heterocycles. The number of halogens is 4. The molecule has 0 fully saturated rings. The third-order valence-corrected chi connectivity index (χ3v) is 3.44. The lowest BCUT2D eigenvalue weighted by atomic mass is 10.00. The summed E-state index contributed by atoms with van der Waals surface area (Å²) >= 11 is 3.42. The van der Waals surface area contributed by atoms with Gasteiger partial charge in [-0.2, -0.15) is 13.2 Å². The molecule has 0 amide bonds. The number of nitro benzene ring substituents is 1. The second kappa shape index (κ2) is 6.56. The summed E-state index contributed by atoms with van der Waals surface area (Å²) in [6, 6.07) is 3.17. The Kier molecular flexibility index (Phi) is 5.56. The normalized spacial score (nSPS) is 13.6. The van der Waals surface area contributed by atoms with Crippen LogP contribution in [0.15, 0.2) is 18.2 Å². The fourth-order valence-corrected chi connectivity index (χ4v) is 3.07. The first kappa shape index (κ1) is 16.9. The summed E-state index contributed by atoms with van der Waals surface area (Å²) in [6.07, 6.45) is -3.50. The number of nitrogens with zero attached hydrogens (tertiary/aromatic N) is 1. The minimum absolute atomic E-state index is 0.0463. The van der Waals surface area contributed by atoms with Crippen LogP contribution in [0.3, 0.4) is 0 Å². The van der Waals surface area contributed by atoms with Crippen LogP contribution in [0.4, 0.5) is 18.9 Å². The Labute approximate surface area is 123 Å². The molecule has 3 nitrogen and oxygen atoms in total. The van der Waals surface area contributed by atoms with Crippen molar-refractivity contribution in [1.29, 1.82) is 0 Å². The molecule has 0 aromatic heterocycles. The second-order valence-electron chi connectivity index (χ2n) is 5.04. The first-order chi connectivity index (χ1) is 9.11. The molecule has 0 spiro atoms. The minimum atomic E-state index is -4.72. The molecule has 1 atom stereocenters. The van der Waals surface area contributed by atoms with Crippen molar-refractivity contribution in [3.8, 4) is 0 Å². The molecule has 0 saturated carbocycles. The van der Waals surface area contributed by atoms with E-state index in [1.54, 1.807) is 0 Å². The van der Waals surface area contributed by atoms with Gasteiger partial charge in [-0.3, -0.25) is 10.1 Å². The Morgan fingerprint density at radius 2 is 1.95 bits per heavy atom. The summed E-state index contributed by atoms with van der Waals surface area (Å²) in [7, 11) is 0. The SMILES string of the molecule is CC(C)CC(Br)Cc1ccc([N+](=O)[O-])c(C(F)(F)F)c1. The van der Waals surface area contributed by atoms with Crippen molar-refractivity contribution in [1.82, 2.24) is 0 Å². The molecule has 1 unspecified atom stereocenters. The van der Waals surface area contributed by atoms with E-state index in [-0.39, 0.29) is 4.83 Å². The first-order valence-electron chi connectivity index (χ1n) is 6.09. The summed E-state index contributed by atoms with van der Waals surface area (Å²) in [4.78, 5) is 9.68. The molecule has 0 bridgehead atoms. The zero-order valence-corrected chi connectivity index (χ0v) is 12.7. The maximum absolute atomic E-state index is 12.8. The third kappa shape index (κ3) is 4.77. The molecule has 0 aliphatic carbocycles. The summed E-state index contributed by atoms with van der Waals surface area (Å²) in [5.74, 6) is 0.416. The van der Waals surface area contributed by atoms with Gasteiger partial charge in [-0.05, 0) is 30.4 Å². The van der Waals surface area contributed by atoms with Gasteiger partial charge >= 0.3 is 6.18 Å². The van der Waals surface area contributed by atoms with Crippen LogP contribution in [-0.4, -0.2) is 9.75 Å². The maximum Gasteiger partial charge on any atom is 0.423 e. The lowest BCUT2D eigenvalue weighted by Gasteiger charge is -2.14. The van der Waals surface area contributed by atoms with Gasteiger partial charge in [0.15, 0.2) is 0 Å². The standard InChI is InChI=1S/C13H15BrF3NO2/c1-8(2)5-10(14)6-9-3-4-12(18(19)20)11(7-9)13(15,16)17/h3-4,7-8,10H,5-6H2,1-2H3. The fourth-order valence-electron chi connectivity index (χ4n) is 1.95. The molecule has 0 radical (unpaired) electrons. The van der Waals surface area contributed by atoms with E-state index in [0.717, 1.165) is 18.6 Å². The lowest BCUT2D eigenvalue weighted by molar-refractivity contribution is -0.388. The number of hydrogen-bond acceptors (Lipinski definition) is 2. The molecular weight excluding hydrogens is 339 g/mol. The predicted octanol–water partition coefficient (Wildman–Crippen LogP) is 4.97. The Balaban J connectivity index is 3.04. The highest BCUT2D eigenvalue weighted by Gasteiger charge is 2.38. The van der Waals surface area contributed by atoms with E-state index >= 15 is 0 Å². The highest BCUT2D eigenvalue weighted by molar-refractivity contribution is 9.09. The van der Waals surface area contributed by atoms with Crippen molar-refractivity contribution in [2.45, 2.75) is 37.7 Å². The van der Waals surface area contributed by atoms with E-state index in [2.05, 4.69) is 15.9 Å². The van der Waals surface area contributed by atoms with Crippen molar-refractivity contribution in [2.24, 2.45) is 5.92 Å². The molecule has 1 rings (SSSR count). The molecule has 112 valence electrons. The van der Waals surface area contributed by atoms with Gasteiger partial charge in [0.25, 0.3) is 5.69 Å². The van der Waals surface area contributed by atoms with Crippen LogP contribution in [0.25, 0.3) is 0 Å². The highest BCUT2D eigenvalue weighted by atomic mass is 79.9. The quantitative estimate of drug-likeness (QED) is 0.426. The summed E-state index contributed by atoms with van der Waals surface area (Å²) < 4.78 is 38.5. The largest absolute Gasteiger partial charge is 0.423 e. The molecule has 7 heteroatoms. The van der Waals surface area contributed by atoms with Crippen molar-refractivity contribution in [2.75, 3.05) is 0 Å². The number of hydrogen-bond donors (Lipinski definition) is 0. The van der Waals surface area contributed by atoms with Gasteiger partial charge in [-0.25, -0.2) is 0 Å². The molecule has 0 heterocycles. The molecular formula is C13H15BrF3NO2. The van der Waals surface area contributed by atoms with Crippen LogP contribution in [0, 0.1) is 16.0 Å². The predicted molar refractivity (Wildman–Crippen MR) is 74.0 cm³/mol. The Morgan fingerprint density at radius 1 is 1.35 bits per heavy atom. The monoisotopic (exact) mass is 353 g/mol. The number of alkyl halides is 4.